The van der Waals surface area contributed by atoms with Crippen LogP contribution in [0.5, 0.6) is 0 Å². The van der Waals surface area contributed by atoms with Crippen LogP contribution in [0.2, 0.25) is 0 Å². The molecule has 0 atom stereocenters. The molecule has 0 fully saturated rings. The number of nitrogens with zero attached hydrogens (tertiary/aromatic N) is 2. The molecule has 0 aliphatic heterocycles. The van der Waals surface area contributed by atoms with Crippen molar-refractivity contribution in [1.82, 2.24) is 9.88 Å². The van der Waals surface area contributed by atoms with Crippen molar-refractivity contribution in [3.63, 3.8) is 0 Å². The Labute approximate surface area is 111 Å². The summed E-state index contributed by atoms with van der Waals surface area (Å²) in [6, 6.07) is 1.82. The number of aryl methyl sites for hydroxylation is 2. The van der Waals surface area contributed by atoms with E-state index < -0.39 is 5.97 Å². The summed E-state index contributed by atoms with van der Waals surface area (Å²) in [6.07, 6.45) is 3.04. The number of hydrogen-bond donors (Lipinski definition) is 1. The molecule has 0 spiro atoms. The molecule has 5 heteroatoms. The summed E-state index contributed by atoms with van der Waals surface area (Å²) in [5.74, 6) is -0.0106. The normalized spacial score (nSPS) is 13.9. The van der Waals surface area contributed by atoms with Crippen LogP contribution in [0.3, 0.4) is 0 Å². The van der Waals surface area contributed by atoms with Crippen molar-refractivity contribution >= 4 is 17.7 Å². The average Bonchev–Trinajstić information content (AvgIpc) is 2.74. The van der Waals surface area contributed by atoms with E-state index in [4.69, 9.17) is 0 Å². The summed E-state index contributed by atoms with van der Waals surface area (Å²) in [4.78, 5) is 17.9. The van der Waals surface area contributed by atoms with Gasteiger partial charge >= 0.3 is 5.97 Å². The third kappa shape index (κ3) is 3.03. The molecule has 0 amide bonds. The number of thioether (sulfide) groups is 1. The number of rotatable bonds is 5. The number of pyridine rings is 1. The van der Waals surface area contributed by atoms with E-state index in [1.54, 1.807) is 0 Å². The molecule has 0 bridgehead atoms. The van der Waals surface area contributed by atoms with E-state index in [2.05, 4.69) is 9.88 Å². The second-order valence-corrected chi connectivity index (χ2v) is 5.84. The minimum atomic E-state index is -0.871. The highest BCUT2D eigenvalue weighted by Crippen LogP contribution is 2.28. The number of aromatic nitrogens is 1. The van der Waals surface area contributed by atoms with Gasteiger partial charge in [0.1, 0.15) is 5.03 Å². The minimum Gasteiger partial charge on any atom is -0.478 e. The number of hydrogen-bond acceptors (Lipinski definition) is 4. The van der Waals surface area contributed by atoms with Gasteiger partial charge in [-0.1, -0.05) is 0 Å². The molecule has 1 aromatic heterocycles. The zero-order chi connectivity index (χ0) is 13.1. The molecule has 0 radical (unpaired) electrons. The van der Waals surface area contributed by atoms with Gasteiger partial charge in [0.2, 0.25) is 0 Å². The summed E-state index contributed by atoms with van der Waals surface area (Å²) in [5.41, 5.74) is 2.57. The van der Waals surface area contributed by atoms with Crippen LogP contribution in [0, 0.1) is 0 Å². The van der Waals surface area contributed by atoms with Crippen LogP contribution in [0.1, 0.15) is 28.0 Å². The molecule has 0 aromatic carbocycles. The van der Waals surface area contributed by atoms with Crippen LogP contribution in [-0.2, 0) is 12.8 Å². The molecule has 1 aliphatic carbocycles. The van der Waals surface area contributed by atoms with Crippen molar-refractivity contribution in [3.8, 4) is 0 Å². The molecule has 1 heterocycles. The maximum Gasteiger partial charge on any atom is 0.338 e. The fourth-order valence-electron chi connectivity index (χ4n) is 2.04. The lowest BCUT2D eigenvalue weighted by Gasteiger charge is -2.11. The topological polar surface area (TPSA) is 53.4 Å². The van der Waals surface area contributed by atoms with Gasteiger partial charge in [0.05, 0.1) is 5.56 Å². The molecule has 1 aromatic rings. The summed E-state index contributed by atoms with van der Waals surface area (Å²) < 4.78 is 0. The Hall–Kier alpha value is -1.07. The highest BCUT2D eigenvalue weighted by atomic mass is 32.2. The van der Waals surface area contributed by atoms with Crippen LogP contribution in [0.25, 0.3) is 0 Å². The second kappa shape index (κ2) is 5.71. The quantitative estimate of drug-likeness (QED) is 0.825. The maximum atomic E-state index is 11.3. The second-order valence-electron chi connectivity index (χ2n) is 4.76. The summed E-state index contributed by atoms with van der Waals surface area (Å²) in [7, 11) is 4.02. The predicted octanol–water partition coefficient (Wildman–Crippen LogP) is 1.92. The van der Waals surface area contributed by atoms with E-state index >= 15 is 0 Å². The van der Waals surface area contributed by atoms with E-state index in [1.165, 1.54) is 11.8 Å². The van der Waals surface area contributed by atoms with Gasteiger partial charge in [0, 0.05) is 18.0 Å². The zero-order valence-electron chi connectivity index (χ0n) is 10.8. The van der Waals surface area contributed by atoms with Gasteiger partial charge in [-0.25, -0.2) is 9.78 Å². The highest BCUT2D eigenvalue weighted by Gasteiger charge is 2.19. The SMILES string of the molecule is CN(C)CCSc1nc2c(cc1C(=O)O)CCC2. The first-order chi connectivity index (χ1) is 8.58. The number of carboxylic acids is 1. The van der Waals surface area contributed by atoms with E-state index in [9.17, 15) is 9.90 Å². The van der Waals surface area contributed by atoms with Crippen LogP contribution < -0.4 is 0 Å². The molecule has 1 N–H and O–H groups in total. The number of fused-ring (bicyclic) bond motifs is 1. The lowest BCUT2D eigenvalue weighted by atomic mass is 10.1. The molecular formula is C13H18N2O2S. The number of carboxylic acid groups (broad SMARTS) is 1. The Kier molecular flexibility index (Phi) is 4.24. The van der Waals surface area contributed by atoms with Crippen molar-refractivity contribution in [2.24, 2.45) is 0 Å². The van der Waals surface area contributed by atoms with Crippen molar-refractivity contribution in [2.45, 2.75) is 24.3 Å². The van der Waals surface area contributed by atoms with Crippen molar-refractivity contribution in [2.75, 3.05) is 26.4 Å². The van der Waals surface area contributed by atoms with Crippen LogP contribution in [0.15, 0.2) is 11.1 Å². The standard InChI is InChI=1S/C13H18N2O2S/c1-15(2)6-7-18-12-10(13(16)17)8-9-4-3-5-11(9)14-12/h8H,3-7H2,1-2H3,(H,16,17). The number of aromatic carboxylic acids is 1. The van der Waals surface area contributed by atoms with E-state index in [1.807, 2.05) is 20.2 Å². The molecule has 2 rings (SSSR count). The van der Waals surface area contributed by atoms with Gasteiger partial charge in [0.25, 0.3) is 0 Å². The Morgan fingerprint density at radius 3 is 2.94 bits per heavy atom. The monoisotopic (exact) mass is 266 g/mol. The molecule has 0 saturated carbocycles. The molecule has 4 nitrogen and oxygen atoms in total. The van der Waals surface area contributed by atoms with Gasteiger partial charge in [-0.3, -0.25) is 0 Å². The smallest absolute Gasteiger partial charge is 0.338 e. The summed E-state index contributed by atoms with van der Waals surface area (Å²) >= 11 is 1.54. The first kappa shape index (κ1) is 13.4. The Balaban J connectivity index is 2.19. The van der Waals surface area contributed by atoms with Crippen molar-refractivity contribution in [1.29, 1.82) is 0 Å². The molecule has 1 aliphatic rings. The van der Waals surface area contributed by atoms with Gasteiger partial charge in [-0.2, -0.15) is 0 Å². The third-order valence-electron chi connectivity index (χ3n) is 3.02. The molecule has 18 heavy (non-hydrogen) atoms. The predicted molar refractivity (Wildman–Crippen MR) is 72.5 cm³/mol. The maximum absolute atomic E-state index is 11.3. The Morgan fingerprint density at radius 2 is 2.28 bits per heavy atom. The summed E-state index contributed by atoms with van der Waals surface area (Å²) in [5, 5.41) is 9.91. The van der Waals surface area contributed by atoms with E-state index in [0.717, 1.165) is 42.8 Å². The van der Waals surface area contributed by atoms with Crippen LogP contribution >= 0.6 is 11.8 Å². The van der Waals surface area contributed by atoms with Gasteiger partial charge in [-0.05, 0) is 45.0 Å². The zero-order valence-corrected chi connectivity index (χ0v) is 11.6. The van der Waals surface area contributed by atoms with Gasteiger partial charge in [0.15, 0.2) is 0 Å². The number of carbonyl (C=O) groups is 1. The van der Waals surface area contributed by atoms with Crippen LogP contribution in [0.4, 0.5) is 0 Å². The minimum absolute atomic E-state index is 0.361. The molecular weight excluding hydrogens is 248 g/mol. The van der Waals surface area contributed by atoms with Gasteiger partial charge in [-0.15, -0.1) is 11.8 Å². The Morgan fingerprint density at radius 1 is 1.50 bits per heavy atom. The van der Waals surface area contributed by atoms with Gasteiger partial charge < -0.3 is 10.0 Å². The lowest BCUT2D eigenvalue weighted by molar-refractivity contribution is 0.0692. The first-order valence-electron chi connectivity index (χ1n) is 6.11. The van der Waals surface area contributed by atoms with Crippen LogP contribution in [-0.4, -0.2) is 47.4 Å². The summed E-state index contributed by atoms with van der Waals surface area (Å²) in [6.45, 7) is 0.919. The van der Waals surface area contributed by atoms with Crippen molar-refractivity contribution in [3.05, 3.63) is 22.9 Å². The third-order valence-corrected chi connectivity index (χ3v) is 3.99. The Bertz CT molecular complexity index is 461. The fourth-order valence-corrected chi connectivity index (χ4v) is 3.17. The molecule has 0 unspecified atom stereocenters. The first-order valence-corrected chi connectivity index (χ1v) is 7.10. The molecule has 98 valence electrons. The largest absolute Gasteiger partial charge is 0.478 e. The van der Waals surface area contributed by atoms with E-state index in [0.29, 0.717) is 10.6 Å². The van der Waals surface area contributed by atoms with E-state index in [-0.39, 0.29) is 0 Å². The lowest BCUT2D eigenvalue weighted by Crippen LogP contribution is -2.15. The van der Waals surface area contributed by atoms with Crippen molar-refractivity contribution < 1.29 is 9.90 Å². The highest BCUT2D eigenvalue weighted by molar-refractivity contribution is 7.99. The molecule has 0 saturated heterocycles. The fraction of sp³-hybridized carbons (Fsp3) is 0.538. The average molecular weight is 266 g/mol.